The van der Waals surface area contributed by atoms with E-state index in [-0.39, 0.29) is 11.7 Å². The molecule has 1 saturated carbocycles. The Kier molecular flexibility index (Phi) is 3.18. The Morgan fingerprint density at radius 1 is 1.35 bits per heavy atom. The lowest BCUT2D eigenvalue weighted by Crippen LogP contribution is -2.28. The number of carbonyl (C=O) groups is 1. The molecule has 1 fully saturated rings. The van der Waals surface area contributed by atoms with Gasteiger partial charge in [0.2, 0.25) is 0 Å². The molecule has 1 amide bonds. The molecule has 20 heavy (non-hydrogen) atoms. The van der Waals surface area contributed by atoms with Gasteiger partial charge in [-0.1, -0.05) is 11.6 Å². The molecule has 0 atom stereocenters. The summed E-state index contributed by atoms with van der Waals surface area (Å²) in [7, 11) is 1.72. The average Bonchev–Trinajstić information content (AvgIpc) is 3.21. The molecule has 104 valence electrons. The SMILES string of the molecule is CN(C(=O)c1cc(Cl)cn1C1CC1)c1ccc(O)cc1. The normalized spacial score (nSPS) is 14.3. The highest BCUT2D eigenvalue weighted by molar-refractivity contribution is 6.31. The van der Waals surface area contributed by atoms with E-state index in [9.17, 15) is 9.90 Å². The molecule has 1 aromatic heterocycles. The summed E-state index contributed by atoms with van der Waals surface area (Å²) < 4.78 is 1.96. The lowest BCUT2D eigenvalue weighted by atomic mass is 10.2. The summed E-state index contributed by atoms with van der Waals surface area (Å²) in [6, 6.07) is 8.64. The van der Waals surface area contributed by atoms with Crippen molar-refractivity contribution in [2.75, 3.05) is 11.9 Å². The lowest BCUT2D eigenvalue weighted by molar-refractivity contribution is 0.0984. The van der Waals surface area contributed by atoms with Crippen LogP contribution < -0.4 is 4.90 Å². The van der Waals surface area contributed by atoms with Crippen LogP contribution in [0.3, 0.4) is 0 Å². The molecule has 2 aromatic rings. The third-order valence-corrected chi connectivity index (χ3v) is 3.72. The van der Waals surface area contributed by atoms with Gasteiger partial charge in [0.1, 0.15) is 11.4 Å². The highest BCUT2D eigenvalue weighted by Crippen LogP contribution is 2.37. The van der Waals surface area contributed by atoms with Gasteiger partial charge in [0.25, 0.3) is 5.91 Å². The molecule has 1 N–H and O–H groups in total. The number of aromatic nitrogens is 1. The first-order chi connectivity index (χ1) is 9.56. The summed E-state index contributed by atoms with van der Waals surface area (Å²) in [5.74, 6) is 0.0773. The number of hydrogen-bond donors (Lipinski definition) is 1. The summed E-state index contributed by atoms with van der Waals surface area (Å²) in [6.07, 6.45) is 4.00. The number of nitrogens with zero attached hydrogens (tertiary/aromatic N) is 2. The molecule has 1 aliphatic rings. The van der Waals surface area contributed by atoms with E-state index in [0.29, 0.717) is 16.8 Å². The third-order valence-electron chi connectivity index (χ3n) is 3.52. The van der Waals surface area contributed by atoms with Crippen LogP contribution in [0.25, 0.3) is 0 Å². The monoisotopic (exact) mass is 290 g/mol. The maximum atomic E-state index is 12.6. The van der Waals surface area contributed by atoms with Gasteiger partial charge in [-0.25, -0.2) is 0 Å². The first-order valence-corrected chi connectivity index (χ1v) is 6.88. The second kappa shape index (κ2) is 4.87. The number of anilines is 1. The molecule has 0 spiro atoms. The van der Waals surface area contributed by atoms with Crippen LogP contribution in [0.5, 0.6) is 5.75 Å². The predicted molar refractivity (Wildman–Crippen MR) is 78.6 cm³/mol. The number of amides is 1. The van der Waals surface area contributed by atoms with E-state index in [0.717, 1.165) is 18.5 Å². The molecule has 3 rings (SSSR count). The van der Waals surface area contributed by atoms with Gasteiger partial charge in [-0.05, 0) is 43.2 Å². The van der Waals surface area contributed by atoms with Crippen LogP contribution in [0.4, 0.5) is 5.69 Å². The Bertz CT molecular complexity index is 644. The third kappa shape index (κ3) is 2.39. The van der Waals surface area contributed by atoms with Crippen LogP contribution in [0.15, 0.2) is 36.5 Å². The Morgan fingerprint density at radius 2 is 2.00 bits per heavy atom. The number of phenolic OH excluding ortho intramolecular Hbond substituents is 1. The van der Waals surface area contributed by atoms with E-state index in [4.69, 9.17) is 11.6 Å². The van der Waals surface area contributed by atoms with E-state index >= 15 is 0 Å². The van der Waals surface area contributed by atoms with Crippen LogP contribution in [0, 0.1) is 0 Å². The largest absolute Gasteiger partial charge is 0.508 e. The maximum Gasteiger partial charge on any atom is 0.274 e. The average molecular weight is 291 g/mol. The summed E-state index contributed by atoms with van der Waals surface area (Å²) in [5.41, 5.74) is 1.33. The van der Waals surface area contributed by atoms with Gasteiger partial charge in [-0.3, -0.25) is 4.79 Å². The van der Waals surface area contributed by atoms with E-state index in [1.54, 1.807) is 42.3 Å². The van der Waals surface area contributed by atoms with Gasteiger partial charge in [0.15, 0.2) is 0 Å². The van der Waals surface area contributed by atoms with Gasteiger partial charge in [0, 0.05) is 25.0 Å². The number of phenols is 1. The smallest absolute Gasteiger partial charge is 0.274 e. The molecular formula is C15H15ClN2O2. The fourth-order valence-electron chi connectivity index (χ4n) is 2.24. The van der Waals surface area contributed by atoms with Crippen molar-refractivity contribution in [3.63, 3.8) is 0 Å². The van der Waals surface area contributed by atoms with Gasteiger partial charge >= 0.3 is 0 Å². The van der Waals surface area contributed by atoms with Crippen molar-refractivity contribution < 1.29 is 9.90 Å². The van der Waals surface area contributed by atoms with Crippen molar-refractivity contribution in [1.82, 2.24) is 4.57 Å². The summed E-state index contributed by atoms with van der Waals surface area (Å²) in [5, 5.41) is 9.88. The molecule has 1 aromatic carbocycles. The van der Waals surface area contributed by atoms with Crippen LogP contribution in [-0.2, 0) is 0 Å². The van der Waals surface area contributed by atoms with E-state index in [1.165, 1.54) is 0 Å². The van der Waals surface area contributed by atoms with E-state index in [1.807, 2.05) is 10.8 Å². The van der Waals surface area contributed by atoms with Crippen LogP contribution in [-0.4, -0.2) is 22.6 Å². The lowest BCUT2D eigenvalue weighted by Gasteiger charge is -2.18. The predicted octanol–water partition coefficient (Wildman–Crippen LogP) is 3.46. The Morgan fingerprint density at radius 3 is 2.60 bits per heavy atom. The molecule has 5 heteroatoms. The zero-order valence-corrected chi connectivity index (χ0v) is 11.8. The Hall–Kier alpha value is -1.94. The van der Waals surface area contributed by atoms with E-state index in [2.05, 4.69) is 0 Å². The number of hydrogen-bond acceptors (Lipinski definition) is 2. The molecular weight excluding hydrogens is 276 g/mol. The number of halogens is 1. The highest BCUT2D eigenvalue weighted by Gasteiger charge is 2.29. The quantitative estimate of drug-likeness (QED) is 0.941. The van der Waals surface area contributed by atoms with Crippen LogP contribution in [0.2, 0.25) is 5.02 Å². The van der Waals surface area contributed by atoms with Crippen molar-refractivity contribution in [1.29, 1.82) is 0 Å². The van der Waals surface area contributed by atoms with Gasteiger partial charge in [-0.15, -0.1) is 0 Å². The summed E-state index contributed by atoms with van der Waals surface area (Å²) in [6.45, 7) is 0. The first-order valence-electron chi connectivity index (χ1n) is 6.51. The van der Waals surface area contributed by atoms with Crippen molar-refractivity contribution in [2.24, 2.45) is 0 Å². The molecule has 0 saturated heterocycles. The Labute approximate surface area is 122 Å². The number of carbonyl (C=O) groups excluding carboxylic acids is 1. The molecule has 1 aliphatic carbocycles. The Balaban J connectivity index is 1.90. The highest BCUT2D eigenvalue weighted by atomic mass is 35.5. The number of rotatable bonds is 3. The molecule has 0 aliphatic heterocycles. The summed E-state index contributed by atoms with van der Waals surface area (Å²) >= 11 is 6.03. The fourth-order valence-corrected chi connectivity index (χ4v) is 2.45. The molecule has 4 nitrogen and oxygen atoms in total. The van der Waals surface area contributed by atoms with Crippen molar-refractivity contribution in [3.8, 4) is 5.75 Å². The van der Waals surface area contributed by atoms with Crippen LogP contribution >= 0.6 is 11.6 Å². The maximum absolute atomic E-state index is 12.6. The topological polar surface area (TPSA) is 45.5 Å². The van der Waals surface area contributed by atoms with Crippen molar-refractivity contribution >= 4 is 23.2 Å². The fraction of sp³-hybridized carbons (Fsp3) is 0.267. The zero-order valence-electron chi connectivity index (χ0n) is 11.1. The van der Waals surface area contributed by atoms with E-state index < -0.39 is 0 Å². The minimum absolute atomic E-state index is 0.102. The number of benzene rings is 1. The summed E-state index contributed by atoms with van der Waals surface area (Å²) in [4.78, 5) is 14.1. The van der Waals surface area contributed by atoms with Crippen LogP contribution in [0.1, 0.15) is 29.4 Å². The standard InChI is InChI=1S/C15H15ClN2O2/c1-17(11-4-6-13(19)7-5-11)15(20)14-8-10(16)9-18(14)12-2-3-12/h4-9,12,19H,2-3H2,1H3. The number of aromatic hydroxyl groups is 1. The van der Waals surface area contributed by atoms with Crippen molar-refractivity contribution in [2.45, 2.75) is 18.9 Å². The zero-order chi connectivity index (χ0) is 14.3. The second-order valence-electron chi connectivity index (χ2n) is 5.06. The molecule has 0 unspecified atom stereocenters. The molecule has 0 radical (unpaired) electrons. The minimum atomic E-state index is -0.102. The van der Waals surface area contributed by atoms with Gasteiger partial charge in [-0.2, -0.15) is 0 Å². The molecule has 1 heterocycles. The minimum Gasteiger partial charge on any atom is -0.508 e. The van der Waals surface area contributed by atoms with Gasteiger partial charge < -0.3 is 14.6 Å². The van der Waals surface area contributed by atoms with Gasteiger partial charge in [0.05, 0.1) is 5.02 Å². The van der Waals surface area contributed by atoms with Crippen molar-refractivity contribution in [3.05, 3.63) is 47.2 Å². The first kappa shape index (κ1) is 13.1. The molecule has 0 bridgehead atoms. The second-order valence-corrected chi connectivity index (χ2v) is 5.50.